The number of Topliss-reactive ketones (excluding diaryl/α,β-unsaturated/α-hetero) is 1. The number of fused-ring (bicyclic) bond motifs is 1. The minimum atomic E-state index is -1.10. The molecule has 1 aromatic carbocycles. The fourth-order valence-corrected chi connectivity index (χ4v) is 2.66. The van der Waals surface area contributed by atoms with Crippen LogP contribution in [0.15, 0.2) is 24.3 Å². The molecule has 0 aliphatic rings. The molecule has 1 heterocycles. The van der Waals surface area contributed by atoms with Gasteiger partial charge in [0.1, 0.15) is 5.82 Å². The van der Waals surface area contributed by atoms with E-state index in [-0.39, 0.29) is 11.6 Å². The van der Waals surface area contributed by atoms with Crippen LogP contribution in [0.4, 0.5) is 4.39 Å². The molecule has 0 radical (unpaired) electrons. The smallest absolute Gasteiger partial charge is 0.205 e. The van der Waals surface area contributed by atoms with Crippen molar-refractivity contribution in [3.8, 4) is 0 Å². The molecule has 0 bridgehead atoms. The van der Waals surface area contributed by atoms with Gasteiger partial charge in [0.2, 0.25) is 5.78 Å². The van der Waals surface area contributed by atoms with Crippen LogP contribution in [0.25, 0.3) is 10.1 Å². The first-order valence-electron chi connectivity index (χ1n) is 4.10. The lowest BCUT2D eigenvalue weighted by Crippen LogP contribution is -2.05. The zero-order valence-corrected chi connectivity index (χ0v) is 9.67. The van der Waals surface area contributed by atoms with E-state index in [1.165, 1.54) is 23.5 Å². The highest BCUT2D eigenvalue weighted by Crippen LogP contribution is 2.29. The van der Waals surface area contributed by atoms with Gasteiger partial charge in [-0.05, 0) is 18.2 Å². The summed E-state index contributed by atoms with van der Waals surface area (Å²) in [4.78, 5) is 10.7. The molecule has 1 aromatic heterocycles. The van der Waals surface area contributed by atoms with Crippen LogP contribution in [0.2, 0.25) is 0 Å². The number of ketones is 1. The Balaban J connectivity index is 2.57. The summed E-state index contributed by atoms with van der Waals surface area (Å²) in [6, 6.07) is 6.18. The van der Waals surface area contributed by atoms with E-state index in [0.29, 0.717) is 15.0 Å². The molecule has 15 heavy (non-hydrogen) atoms. The third-order valence-corrected chi connectivity index (χ3v) is 3.46. The first-order chi connectivity index (χ1) is 7.09. The van der Waals surface area contributed by atoms with Gasteiger partial charge in [0.15, 0.2) is 4.84 Å². The van der Waals surface area contributed by atoms with Gasteiger partial charge >= 0.3 is 0 Å². The van der Waals surface area contributed by atoms with E-state index in [9.17, 15) is 9.18 Å². The summed E-state index contributed by atoms with van der Waals surface area (Å²) >= 11 is 12.1. The molecular formula is C10H5Cl2FOS. The van der Waals surface area contributed by atoms with Crippen molar-refractivity contribution in [2.45, 2.75) is 4.84 Å². The summed E-state index contributed by atoms with van der Waals surface area (Å²) < 4.78 is 14.0. The molecule has 0 aliphatic carbocycles. The average molecular weight is 263 g/mol. The molecule has 0 amide bonds. The standard InChI is InChI=1S/C10H5Cl2FOS/c11-10(12)9(14)8-4-5-6(13)2-1-3-7(5)15-8/h1-4,10H. The molecule has 0 unspecified atom stereocenters. The molecule has 0 aliphatic heterocycles. The van der Waals surface area contributed by atoms with Crippen molar-refractivity contribution in [2.75, 3.05) is 0 Å². The van der Waals surface area contributed by atoms with Crippen LogP contribution in [-0.2, 0) is 0 Å². The average Bonchev–Trinajstić information content (AvgIpc) is 2.61. The predicted octanol–water partition coefficient (Wildman–Crippen LogP) is 4.03. The Bertz CT molecular complexity index is 521. The summed E-state index contributed by atoms with van der Waals surface area (Å²) in [6.07, 6.45) is 0. The van der Waals surface area contributed by atoms with Crippen molar-refractivity contribution in [3.05, 3.63) is 35.0 Å². The fourth-order valence-electron chi connectivity index (χ4n) is 1.25. The van der Waals surface area contributed by atoms with Crippen LogP contribution < -0.4 is 0 Å². The number of rotatable bonds is 2. The Morgan fingerprint density at radius 2 is 2.13 bits per heavy atom. The van der Waals surface area contributed by atoms with E-state index >= 15 is 0 Å². The monoisotopic (exact) mass is 262 g/mol. The zero-order valence-electron chi connectivity index (χ0n) is 7.34. The van der Waals surface area contributed by atoms with Gasteiger partial charge in [-0.2, -0.15) is 0 Å². The van der Waals surface area contributed by atoms with Crippen LogP contribution in [0.5, 0.6) is 0 Å². The molecule has 2 rings (SSSR count). The van der Waals surface area contributed by atoms with Crippen molar-refractivity contribution >= 4 is 50.4 Å². The minimum absolute atomic E-state index is 0.344. The Labute approximate surface area is 99.4 Å². The van der Waals surface area contributed by atoms with Gasteiger partial charge < -0.3 is 0 Å². The molecule has 0 fully saturated rings. The van der Waals surface area contributed by atoms with E-state index in [2.05, 4.69) is 0 Å². The van der Waals surface area contributed by atoms with Crippen molar-refractivity contribution in [3.63, 3.8) is 0 Å². The molecule has 0 saturated carbocycles. The van der Waals surface area contributed by atoms with Crippen LogP contribution >= 0.6 is 34.5 Å². The maximum absolute atomic E-state index is 13.3. The SMILES string of the molecule is O=C(c1cc2c(F)cccc2s1)C(Cl)Cl. The molecule has 0 atom stereocenters. The third kappa shape index (κ3) is 2.00. The maximum atomic E-state index is 13.3. The number of benzene rings is 1. The molecular weight excluding hydrogens is 258 g/mol. The second-order valence-electron chi connectivity index (χ2n) is 2.93. The normalized spacial score (nSPS) is 11.2. The maximum Gasteiger partial charge on any atom is 0.205 e. The summed E-state index contributed by atoms with van der Waals surface area (Å²) in [5, 5.41) is 0.430. The van der Waals surface area contributed by atoms with Crippen LogP contribution in [-0.4, -0.2) is 10.6 Å². The van der Waals surface area contributed by atoms with Gasteiger partial charge in [0, 0.05) is 10.1 Å². The lowest BCUT2D eigenvalue weighted by molar-refractivity contribution is 0.101. The summed E-state index contributed by atoms with van der Waals surface area (Å²) in [6.45, 7) is 0. The first kappa shape index (κ1) is 10.9. The molecule has 2 aromatic rings. The lowest BCUT2D eigenvalue weighted by atomic mass is 10.2. The largest absolute Gasteiger partial charge is 0.290 e. The van der Waals surface area contributed by atoms with Gasteiger partial charge in [-0.1, -0.05) is 29.3 Å². The number of carbonyl (C=O) groups is 1. The minimum Gasteiger partial charge on any atom is -0.290 e. The van der Waals surface area contributed by atoms with Gasteiger partial charge in [0.05, 0.1) is 4.88 Å². The predicted molar refractivity (Wildman–Crippen MR) is 61.6 cm³/mol. The van der Waals surface area contributed by atoms with Crippen molar-refractivity contribution in [2.24, 2.45) is 0 Å². The highest BCUT2D eigenvalue weighted by Gasteiger charge is 2.17. The summed E-state index contributed by atoms with van der Waals surface area (Å²) in [7, 11) is 0. The molecule has 0 N–H and O–H groups in total. The van der Waals surface area contributed by atoms with E-state index < -0.39 is 4.84 Å². The highest BCUT2D eigenvalue weighted by atomic mass is 35.5. The first-order valence-corrected chi connectivity index (χ1v) is 5.79. The Morgan fingerprint density at radius 1 is 1.40 bits per heavy atom. The molecule has 0 saturated heterocycles. The van der Waals surface area contributed by atoms with E-state index in [1.54, 1.807) is 12.1 Å². The zero-order chi connectivity index (χ0) is 11.0. The Kier molecular flexibility index (Phi) is 2.96. The van der Waals surface area contributed by atoms with Crippen LogP contribution in [0.1, 0.15) is 9.67 Å². The van der Waals surface area contributed by atoms with Gasteiger partial charge in [-0.15, -0.1) is 11.3 Å². The van der Waals surface area contributed by atoms with Gasteiger partial charge in [-0.25, -0.2) is 4.39 Å². The number of thiophene rings is 1. The number of carbonyl (C=O) groups excluding carboxylic acids is 1. The quantitative estimate of drug-likeness (QED) is 0.590. The molecule has 0 spiro atoms. The van der Waals surface area contributed by atoms with E-state index in [0.717, 1.165) is 0 Å². The third-order valence-electron chi connectivity index (χ3n) is 1.95. The topological polar surface area (TPSA) is 17.1 Å². The second-order valence-corrected chi connectivity index (χ2v) is 5.11. The van der Waals surface area contributed by atoms with Crippen molar-refractivity contribution in [1.82, 2.24) is 0 Å². The van der Waals surface area contributed by atoms with E-state index in [4.69, 9.17) is 23.2 Å². The number of alkyl halides is 2. The second kappa shape index (κ2) is 4.08. The van der Waals surface area contributed by atoms with E-state index in [1.807, 2.05) is 0 Å². The van der Waals surface area contributed by atoms with Gasteiger partial charge in [-0.3, -0.25) is 4.79 Å². The molecule has 5 heteroatoms. The van der Waals surface area contributed by atoms with Gasteiger partial charge in [0.25, 0.3) is 0 Å². The summed E-state index contributed by atoms with van der Waals surface area (Å²) in [5.74, 6) is -0.734. The fraction of sp³-hybridized carbons (Fsp3) is 0.100. The number of hydrogen-bond acceptors (Lipinski definition) is 2. The Hall–Kier alpha value is -0.640. The molecule has 1 nitrogen and oxygen atoms in total. The van der Waals surface area contributed by atoms with Crippen molar-refractivity contribution in [1.29, 1.82) is 0 Å². The van der Waals surface area contributed by atoms with Crippen LogP contribution in [0.3, 0.4) is 0 Å². The lowest BCUT2D eigenvalue weighted by Gasteiger charge is -1.94. The highest BCUT2D eigenvalue weighted by molar-refractivity contribution is 7.21. The number of hydrogen-bond donors (Lipinski definition) is 0. The number of halogens is 3. The van der Waals surface area contributed by atoms with Crippen LogP contribution in [0, 0.1) is 5.82 Å². The van der Waals surface area contributed by atoms with Crippen molar-refractivity contribution < 1.29 is 9.18 Å². The Morgan fingerprint density at radius 3 is 2.73 bits per heavy atom. The summed E-state index contributed by atoms with van der Waals surface area (Å²) in [5.41, 5.74) is 0. The molecule has 78 valence electrons.